The minimum absolute atomic E-state index is 0. The lowest BCUT2D eigenvalue weighted by atomic mass is 8.56. The van der Waals surface area contributed by atoms with Crippen LogP contribution in [0.5, 0.6) is 0 Å². The van der Waals surface area contributed by atoms with Crippen LogP contribution in [0, 0.1) is 121 Å². The number of nitrogens with one attached hydrogen (secondary N) is 1. The average molecular weight is 1480 g/mol. The third-order valence-corrected chi connectivity index (χ3v) is 32.1. The van der Waals surface area contributed by atoms with Crippen molar-refractivity contribution < 1.29 is 45.0 Å². The van der Waals surface area contributed by atoms with E-state index in [9.17, 15) is 45.0 Å². The number of H-pyrrole nitrogens is 1. The van der Waals surface area contributed by atoms with Gasteiger partial charge in [-0.25, -0.2) is 4.68 Å². The highest BCUT2D eigenvalue weighted by Crippen LogP contribution is 2.72. The van der Waals surface area contributed by atoms with Crippen molar-refractivity contribution in [1.82, 2.24) is 45.4 Å². The fourth-order valence-corrected chi connectivity index (χ4v) is 26.9. The molecule has 0 saturated heterocycles. The number of ketones is 3. The third kappa shape index (κ3) is 16.5. The number of aromatic nitrogens is 9. The van der Waals surface area contributed by atoms with Gasteiger partial charge in [0.2, 0.25) is 0 Å². The van der Waals surface area contributed by atoms with Crippen LogP contribution in [-0.4, -0.2) is 214 Å². The molecule has 12 aliphatic rings. The number of carbonyl (C=O) groups is 3. The van der Waals surface area contributed by atoms with E-state index in [0.717, 1.165) is 148 Å². The second-order valence-electron chi connectivity index (χ2n) is 36.6. The maximum Gasteiger partial charge on any atom is 0.159 e. The van der Waals surface area contributed by atoms with Crippen LogP contribution in [0.15, 0.2) is 37.2 Å². The van der Waals surface area contributed by atoms with Gasteiger partial charge in [0.05, 0.1) is 53.1 Å². The number of alkyl halides is 1. The monoisotopic (exact) mass is 1480 g/mol. The summed E-state index contributed by atoms with van der Waals surface area (Å²) in [5, 5.41) is 89.7. The molecule has 0 bridgehead atoms. The minimum Gasteiger partial charge on any atom is -0.396 e. The predicted octanol–water partition coefficient (Wildman–Crippen LogP) is 7.68. The lowest BCUT2D eigenvalue weighted by Crippen LogP contribution is -2.63. The van der Waals surface area contributed by atoms with Crippen LogP contribution in [0.2, 0.25) is 0 Å². The largest absolute Gasteiger partial charge is 0.396 e. The van der Waals surface area contributed by atoms with Gasteiger partial charge in [-0.05, 0) is 298 Å². The highest BCUT2D eigenvalue weighted by atomic mass is 79.9. The zero-order chi connectivity index (χ0) is 73.6. The number of rotatable bonds is 15. The van der Waals surface area contributed by atoms with Gasteiger partial charge >= 0.3 is 0 Å². The Morgan fingerprint density at radius 1 is 0.490 bits per heavy atom. The van der Waals surface area contributed by atoms with Crippen LogP contribution in [0.1, 0.15) is 230 Å². The van der Waals surface area contributed by atoms with Gasteiger partial charge in [0.25, 0.3) is 0 Å². The fourth-order valence-electron chi connectivity index (χ4n) is 26.5. The van der Waals surface area contributed by atoms with Crippen molar-refractivity contribution in [3.8, 4) is 0 Å². The molecule has 555 valence electrons. The molecule has 0 spiro atoms. The summed E-state index contributed by atoms with van der Waals surface area (Å²) in [6.45, 7) is 14.4. The number of aromatic amines is 1. The van der Waals surface area contributed by atoms with Gasteiger partial charge in [-0.1, -0.05) is 56.8 Å². The Hall–Kier alpha value is -2.62. The summed E-state index contributed by atoms with van der Waals surface area (Å²) in [5.41, 5.74) is -1.43. The molecule has 0 amide bonds. The van der Waals surface area contributed by atoms with Gasteiger partial charge in [-0.2, -0.15) is 30.4 Å². The number of hydrogen-bond donors (Lipinski definition) is 7. The van der Waals surface area contributed by atoms with E-state index in [1.165, 1.54) is 37.5 Å². The van der Waals surface area contributed by atoms with E-state index >= 15 is 0 Å². The molecular formula is C74H120B11BrN9O9. The molecule has 0 unspecified atom stereocenters. The molecule has 7 N–H and O–H groups in total. The average Bonchev–Trinajstić information content (AvgIpc) is 1.36. The molecule has 12 saturated carbocycles. The molecule has 0 aromatic carbocycles. The topological polar surface area (TPSA) is 276 Å². The highest BCUT2D eigenvalue weighted by Gasteiger charge is 2.67. The third-order valence-electron chi connectivity index (χ3n) is 31.6. The van der Waals surface area contributed by atoms with Crippen molar-refractivity contribution in [2.45, 2.75) is 260 Å². The maximum atomic E-state index is 13.2. The van der Waals surface area contributed by atoms with Crippen LogP contribution in [0.3, 0.4) is 0 Å². The molecule has 18 nitrogen and oxygen atoms in total. The standard InChI is InChI=1S/2C24H37N3O3.C22H35BrO3.C2H3N3.2CH4.B11/c1-22(30)9-10-24(15-28)16(13-22)3-4-17-18-5-6-20(23(18,2)8-7-19(17)24)21(29)14-27-12-11-25-26-27;1-22(30)9-10-24(15-28)16(13-22)3-4-17-18-5-6-20(23(18,2)8-7-19(17)24)21(29)14-27-25-11-12-26-27;1-20(26)9-10-22(13-24)14(11-20)3-4-15-16-5-6-18(19(25)12-23)21(16,2)8-7-17(15)22;1-2-4-5-3-1;;;1-7-10(6)11(8(2)3)9(4)5/h2*11-12,16-20,28,30H,3-10,13-15H2,1-2H3;14-18,24,26H,3-13H2,1-2H3;1-2H,(H,3,4,5);2*1H4;/t2*16-,17-,18-,19-,20+,22+,23-,24+;14-,15-,16-,17-,18+,20+,21-,22+;;;;/m000..../s1. The highest BCUT2D eigenvalue weighted by molar-refractivity contribution is 9.09. The number of hydrogen-bond acceptors (Lipinski definition) is 15. The summed E-state index contributed by atoms with van der Waals surface area (Å²) >= 11 is 3.40. The van der Waals surface area contributed by atoms with E-state index < -0.39 is 36.0 Å². The van der Waals surface area contributed by atoms with Crippen molar-refractivity contribution in [2.24, 2.45) is 121 Å². The van der Waals surface area contributed by atoms with Crippen molar-refractivity contribution in [1.29, 1.82) is 0 Å². The molecule has 0 aliphatic heterocycles. The first-order valence-corrected chi connectivity index (χ1v) is 40.4. The number of aliphatic hydroxyl groups excluding tert-OH is 3. The Morgan fingerprint density at radius 3 is 1.15 bits per heavy atom. The van der Waals surface area contributed by atoms with Gasteiger partial charge in [-0.3, -0.25) is 14.4 Å². The normalized spacial score (nSPS) is 42.3. The molecule has 24 atom stereocenters. The molecule has 3 aromatic heterocycles. The summed E-state index contributed by atoms with van der Waals surface area (Å²) in [4.78, 5) is 40.4. The van der Waals surface area contributed by atoms with Crippen LogP contribution >= 0.6 is 15.9 Å². The van der Waals surface area contributed by atoms with Crippen LogP contribution < -0.4 is 0 Å². The van der Waals surface area contributed by atoms with E-state index in [1.54, 1.807) is 41.9 Å². The first kappa shape index (κ1) is 85.4. The predicted molar refractivity (Wildman–Crippen MR) is 424 cm³/mol. The molecule has 104 heavy (non-hydrogen) atoms. The van der Waals surface area contributed by atoms with Gasteiger partial charge in [0, 0.05) is 123 Å². The van der Waals surface area contributed by atoms with Crippen LogP contribution in [0.4, 0.5) is 0 Å². The minimum atomic E-state index is -0.648. The second kappa shape index (κ2) is 34.2. The molecule has 3 aromatic rings. The summed E-state index contributed by atoms with van der Waals surface area (Å²) in [7, 11) is 33.5. The summed E-state index contributed by atoms with van der Waals surface area (Å²) < 4.78 is 1.66. The van der Waals surface area contributed by atoms with Crippen LogP contribution in [-0.2, 0) is 27.5 Å². The smallest absolute Gasteiger partial charge is 0.159 e. The number of halogens is 1. The van der Waals surface area contributed by atoms with Gasteiger partial charge in [0.1, 0.15) is 18.9 Å². The van der Waals surface area contributed by atoms with Gasteiger partial charge in [0.15, 0.2) is 11.6 Å². The molecular weight excluding hydrogens is 1360 g/mol. The SMILES string of the molecule is C.C.C[C@@]1(O)CC[C@@]2(CO)[C@@H](CC[C@H]3[C@@H]4CC[C@H](C(=O)CBr)[C@@]4(C)CC[C@@H]32)C1.C[C@@]1(O)CC[C@@]2(CO)[C@@H](CC[C@H]3[C@@H]4CC[C@H](C(=O)Cn5ccnn5)[C@@]4(C)CC[C@@H]32)C1.C[C@@]1(O)CC[C@@]2(CO)[C@@H](CC[C@H]3[C@@H]4CC[C@H](C(=O)Cn5nccn5)[C@@]4(C)CC[C@@H]32)C1.[B][B]B([B])B(B([B])[B])B([B])[B].c1cn[nH]n1. The Balaban J connectivity index is 0.000000162. The lowest BCUT2D eigenvalue weighted by molar-refractivity contribution is -0.171. The quantitative estimate of drug-likeness (QED) is 0.0568. The molecule has 13 radical (unpaired) electrons. The van der Waals surface area contributed by atoms with Crippen molar-refractivity contribution >= 4 is 112 Å². The van der Waals surface area contributed by atoms with E-state index in [0.29, 0.717) is 94.5 Å². The molecule has 3 heterocycles. The number of fused-ring (bicyclic) bond motifs is 15. The molecule has 15 rings (SSSR count). The van der Waals surface area contributed by atoms with Crippen LogP contribution in [0.25, 0.3) is 0 Å². The first-order chi connectivity index (χ1) is 48.4. The first-order valence-electron chi connectivity index (χ1n) is 39.3. The zero-order valence-corrected chi connectivity index (χ0v) is 63.8. The van der Waals surface area contributed by atoms with E-state index in [2.05, 4.69) is 72.6 Å². The number of carbonyl (C=O) groups excluding carboxylic acids is 3. The van der Waals surface area contributed by atoms with E-state index in [4.69, 9.17) is 46.4 Å². The summed E-state index contributed by atoms with van der Waals surface area (Å²) in [6.07, 6.45) is 35.6. The zero-order valence-electron chi connectivity index (χ0n) is 62.2. The number of nitrogens with zero attached hydrogens (tertiary/aromatic N) is 8. The summed E-state index contributed by atoms with van der Waals surface area (Å²) in [5.74, 6) is 8.09. The van der Waals surface area contributed by atoms with E-state index in [1.807, 2.05) is 20.8 Å². The fraction of sp³-hybridized carbons (Fsp3) is 0.878. The van der Waals surface area contributed by atoms with Gasteiger partial charge < -0.3 is 30.6 Å². The Morgan fingerprint density at radius 2 is 0.856 bits per heavy atom. The van der Waals surface area contributed by atoms with Crippen molar-refractivity contribution in [2.75, 3.05) is 25.2 Å². The Kier molecular flexibility index (Phi) is 28.0. The van der Waals surface area contributed by atoms with Gasteiger partial charge in [-0.15, -0.1) is 5.10 Å². The number of aliphatic hydroxyl groups is 6. The molecule has 12 fully saturated rings. The molecule has 30 heteroatoms. The summed E-state index contributed by atoms with van der Waals surface area (Å²) in [6, 6.07) is 0. The van der Waals surface area contributed by atoms with Crippen molar-refractivity contribution in [3.05, 3.63) is 37.2 Å². The maximum absolute atomic E-state index is 13.2. The number of Topliss-reactive ketones (excluding diaryl/α,β-unsaturated/α-hetero) is 3. The molecule has 12 aliphatic carbocycles. The van der Waals surface area contributed by atoms with Crippen molar-refractivity contribution in [3.63, 3.8) is 0 Å². The Labute approximate surface area is 642 Å². The van der Waals surface area contributed by atoms with E-state index in [-0.39, 0.29) is 104 Å². The second-order valence-corrected chi connectivity index (χ2v) is 37.2. The Bertz CT molecular complexity index is 3090. The lowest BCUT2D eigenvalue weighted by Gasteiger charge is -2.62.